The third kappa shape index (κ3) is 2.01. The Hall–Kier alpha value is -2.42. The van der Waals surface area contributed by atoms with Gasteiger partial charge in [-0.15, -0.1) is 0 Å². The van der Waals surface area contributed by atoms with Gasteiger partial charge in [-0.25, -0.2) is 0 Å². The minimum atomic E-state index is -0.00481. The fourth-order valence-corrected chi connectivity index (χ4v) is 2.48. The van der Waals surface area contributed by atoms with Crippen molar-refractivity contribution in [3.05, 3.63) is 64.7 Å². The predicted molar refractivity (Wildman–Crippen MR) is 78.2 cm³/mol. The fourth-order valence-electron chi connectivity index (χ4n) is 2.48. The summed E-state index contributed by atoms with van der Waals surface area (Å²) in [5.74, 6) is 0.0646. The van der Waals surface area contributed by atoms with Gasteiger partial charge in [0.1, 0.15) is 0 Å². The minimum absolute atomic E-state index is 0.00481. The largest absolute Gasteiger partial charge is 0.315 e. The Balaban J connectivity index is 1.96. The molecule has 1 aliphatic heterocycles. The molecule has 0 unspecified atom stereocenters. The lowest BCUT2D eigenvalue weighted by Gasteiger charge is -2.10. The van der Waals surface area contributed by atoms with Crippen LogP contribution in [0.5, 0.6) is 0 Å². The van der Waals surface area contributed by atoms with Gasteiger partial charge in [0.25, 0.3) is 0 Å². The molecule has 0 N–H and O–H groups in total. The second-order valence-corrected chi connectivity index (χ2v) is 5.17. The minimum Gasteiger partial charge on any atom is -0.315 e. The molecule has 0 spiro atoms. The van der Waals surface area contributed by atoms with Crippen molar-refractivity contribution < 1.29 is 9.59 Å². The van der Waals surface area contributed by atoms with Gasteiger partial charge in [0.2, 0.25) is 5.91 Å². The van der Waals surface area contributed by atoms with Crippen LogP contribution >= 0.6 is 0 Å². The van der Waals surface area contributed by atoms with Gasteiger partial charge in [0.15, 0.2) is 5.78 Å². The van der Waals surface area contributed by atoms with E-state index in [1.807, 2.05) is 43.3 Å². The van der Waals surface area contributed by atoms with Crippen molar-refractivity contribution in [2.45, 2.75) is 13.3 Å². The first-order valence-electron chi connectivity index (χ1n) is 6.57. The monoisotopic (exact) mass is 265 g/mol. The number of fused-ring (bicyclic) bond motifs is 1. The number of nitrogens with zero attached hydrogens (tertiary/aromatic N) is 1. The summed E-state index contributed by atoms with van der Waals surface area (Å²) < 4.78 is 0. The van der Waals surface area contributed by atoms with Crippen molar-refractivity contribution in [2.24, 2.45) is 0 Å². The molecule has 20 heavy (non-hydrogen) atoms. The molecule has 1 amide bonds. The molecule has 0 atom stereocenters. The fraction of sp³-hybridized carbons (Fsp3) is 0.176. The highest BCUT2D eigenvalue weighted by Gasteiger charge is 2.24. The van der Waals surface area contributed by atoms with Gasteiger partial charge < -0.3 is 4.90 Å². The molecule has 2 aromatic carbocycles. The molecule has 0 radical (unpaired) electrons. The maximum absolute atomic E-state index is 12.4. The lowest BCUT2D eigenvalue weighted by molar-refractivity contribution is -0.117. The maximum atomic E-state index is 12.4. The second-order valence-electron chi connectivity index (χ2n) is 5.17. The first-order chi connectivity index (χ1) is 9.56. The molecule has 0 bridgehead atoms. The van der Waals surface area contributed by atoms with Crippen LogP contribution in [0.1, 0.15) is 27.0 Å². The summed E-state index contributed by atoms with van der Waals surface area (Å²) in [7, 11) is 1.76. The number of amides is 1. The lowest BCUT2D eigenvalue weighted by atomic mass is 9.99. The summed E-state index contributed by atoms with van der Waals surface area (Å²) in [4.78, 5) is 25.7. The van der Waals surface area contributed by atoms with Gasteiger partial charge in [-0.05, 0) is 30.7 Å². The normalized spacial score (nSPS) is 13.5. The van der Waals surface area contributed by atoms with Gasteiger partial charge in [-0.1, -0.05) is 29.8 Å². The molecule has 100 valence electrons. The summed E-state index contributed by atoms with van der Waals surface area (Å²) in [6.45, 7) is 1.99. The number of aryl methyl sites for hydroxylation is 1. The topological polar surface area (TPSA) is 37.4 Å². The Labute approximate surface area is 117 Å². The molecule has 0 aliphatic carbocycles. The number of ketones is 1. The van der Waals surface area contributed by atoms with E-state index in [9.17, 15) is 9.59 Å². The van der Waals surface area contributed by atoms with Gasteiger partial charge in [-0.2, -0.15) is 0 Å². The number of carbonyl (C=O) groups excluding carboxylic acids is 2. The van der Waals surface area contributed by atoms with E-state index in [1.165, 1.54) is 0 Å². The molecule has 0 fully saturated rings. The van der Waals surface area contributed by atoms with Crippen LogP contribution in [0, 0.1) is 6.92 Å². The highest BCUT2D eigenvalue weighted by molar-refractivity contribution is 6.10. The number of benzene rings is 2. The number of hydrogen-bond donors (Lipinski definition) is 0. The molecule has 3 nitrogen and oxygen atoms in total. The van der Waals surface area contributed by atoms with E-state index in [0.717, 1.165) is 16.8 Å². The van der Waals surface area contributed by atoms with Crippen LogP contribution in [0.4, 0.5) is 5.69 Å². The summed E-state index contributed by atoms with van der Waals surface area (Å²) in [5.41, 5.74) is 4.26. The van der Waals surface area contributed by atoms with E-state index < -0.39 is 0 Å². The van der Waals surface area contributed by atoms with Crippen LogP contribution in [0.2, 0.25) is 0 Å². The predicted octanol–water partition coefficient (Wildman–Crippen LogP) is 2.74. The van der Waals surface area contributed by atoms with E-state index in [1.54, 1.807) is 18.0 Å². The van der Waals surface area contributed by atoms with E-state index in [-0.39, 0.29) is 11.7 Å². The number of carbonyl (C=O) groups is 2. The van der Waals surface area contributed by atoms with Crippen LogP contribution < -0.4 is 4.90 Å². The van der Waals surface area contributed by atoms with Crippen LogP contribution in [0.25, 0.3) is 0 Å². The number of anilines is 1. The quantitative estimate of drug-likeness (QED) is 0.783. The zero-order valence-corrected chi connectivity index (χ0v) is 11.5. The average Bonchev–Trinajstić information content (AvgIpc) is 2.74. The van der Waals surface area contributed by atoms with Crippen LogP contribution in [0.3, 0.4) is 0 Å². The van der Waals surface area contributed by atoms with Gasteiger partial charge in [-0.3, -0.25) is 9.59 Å². The average molecular weight is 265 g/mol. The smallest absolute Gasteiger partial charge is 0.231 e. The Morgan fingerprint density at radius 3 is 2.40 bits per heavy atom. The molecule has 0 saturated carbocycles. The molecular formula is C17H15NO2. The first kappa shape index (κ1) is 12.6. The Morgan fingerprint density at radius 2 is 1.70 bits per heavy atom. The third-order valence-electron chi connectivity index (χ3n) is 3.73. The van der Waals surface area contributed by atoms with Crippen molar-refractivity contribution in [1.82, 2.24) is 0 Å². The molecule has 3 rings (SSSR count). The SMILES string of the molecule is Cc1ccc(C(=O)c2ccc3c(c2)CC(=O)N3C)cc1. The highest BCUT2D eigenvalue weighted by Crippen LogP contribution is 2.29. The zero-order chi connectivity index (χ0) is 14.3. The molecule has 3 heteroatoms. The summed E-state index contributed by atoms with van der Waals surface area (Å²) in [5, 5.41) is 0. The van der Waals surface area contributed by atoms with Crippen LogP contribution in [-0.2, 0) is 11.2 Å². The maximum Gasteiger partial charge on any atom is 0.231 e. The van der Waals surface area contributed by atoms with Gasteiger partial charge in [0.05, 0.1) is 6.42 Å². The van der Waals surface area contributed by atoms with Crippen molar-refractivity contribution in [3.63, 3.8) is 0 Å². The zero-order valence-electron chi connectivity index (χ0n) is 11.5. The molecule has 0 aromatic heterocycles. The summed E-state index contributed by atoms with van der Waals surface area (Å²) in [6, 6.07) is 13.0. The summed E-state index contributed by atoms with van der Waals surface area (Å²) in [6.07, 6.45) is 0.376. The van der Waals surface area contributed by atoms with E-state index in [0.29, 0.717) is 17.5 Å². The van der Waals surface area contributed by atoms with Crippen molar-refractivity contribution >= 4 is 17.4 Å². The number of rotatable bonds is 2. The van der Waals surface area contributed by atoms with E-state index in [2.05, 4.69) is 0 Å². The third-order valence-corrected chi connectivity index (χ3v) is 3.73. The Bertz CT molecular complexity index is 701. The van der Waals surface area contributed by atoms with Gasteiger partial charge >= 0.3 is 0 Å². The van der Waals surface area contributed by atoms with E-state index >= 15 is 0 Å². The summed E-state index contributed by atoms with van der Waals surface area (Å²) >= 11 is 0. The Kier molecular flexibility index (Phi) is 2.90. The molecule has 1 aliphatic rings. The second kappa shape index (κ2) is 4.60. The van der Waals surface area contributed by atoms with Crippen molar-refractivity contribution in [2.75, 3.05) is 11.9 Å². The highest BCUT2D eigenvalue weighted by atomic mass is 16.2. The molecule has 2 aromatic rings. The Morgan fingerprint density at radius 1 is 1.05 bits per heavy atom. The van der Waals surface area contributed by atoms with Gasteiger partial charge in [0, 0.05) is 23.9 Å². The molecular weight excluding hydrogens is 250 g/mol. The molecule has 1 heterocycles. The van der Waals surface area contributed by atoms with Crippen LogP contribution in [-0.4, -0.2) is 18.7 Å². The molecule has 0 saturated heterocycles. The van der Waals surface area contributed by atoms with Crippen LogP contribution in [0.15, 0.2) is 42.5 Å². The standard InChI is InChI=1S/C17H15NO2/c1-11-3-5-12(6-4-11)17(20)13-7-8-15-14(9-13)10-16(19)18(15)2/h3-9H,10H2,1-2H3. The number of hydrogen-bond acceptors (Lipinski definition) is 2. The number of likely N-dealkylation sites (N-methyl/N-ethyl adjacent to an activating group) is 1. The first-order valence-corrected chi connectivity index (χ1v) is 6.57. The van der Waals surface area contributed by atoms with Crippen molar-refractivity contribution in [1.29, 1.82) is 0 Å². The lowest BCUT2D eigenvalue weighted by Crippen LogP contribution is -2.20. The van der Waals surface area contributed by atoms with Crippen molar-refractivity contribution in [3.8, 4) is 0 Å². The van der Waals surface area contributed by atoms with E-state index in [4.69, 9.17) is 0 Å².